The molecule has 0 unspecified atom stereocenters. The van der Waals surface area contributed by atoms with Gasteiger partial charge < -0.3 is 9.88 Å². The van der Waals surface area contributed by atoms with E-state index in [9.17, 15) is 9.59 Å². The van der Waals surface area contributed by atoms with Crippen LogP contribution in [0.1, 0.15) is 46.9 Å². The van der Waals surface area contributed by atoms with Gasteiger partial charge in [-0.3, -0.25) is 9.59 Å². The first kappa shape index (κ1) is 16.5. The van der Waals surface area contributed by atoms with Crippen molar-refractivity contribution in [3.63, 3.8) is 0 Å². The van der Waals surface area contributed by atoms with E-state index in [2.05, 4.69) is 31.0 Å². The Bertz CT molecular complexity index is 821. The number of amides is 1. The summed E-state index contributed by atoms with van der Waals surface area (Å²) in [6.07, 6.45) is 0. The molecule has 4 heteroatoms. The van der Waals surface area contributed by atoms with Crippen LogP contribution in [0.25, 0.3) is 0 Å². The Morgan fingerprint density at radius 1 is 1.21 bits per heavy atom. The van der Waals surface area contributed by atoms with E-state index < -0.39 is 0 Å². The minimum atomic E-state index is -0.293. The summed E-state index contributed by atoms with van der Waals surface area (Å²) in [6.45, 7) is 9.31. The van der Waals surface area contributed by atoms with Crippen molar-refractivity contribution < 1.29 is 4.79 Å². The Morgan fingerprint density at radius 3 is 2.50 bits per heavy atom. The molecule has 1 atom stereocenters. The molecule has 1 saturated heterocycles. The van der Waals surface area contributed by atoms with Gasteiger partial charge in [0.1, 0.15) is 5.56 Å². The van der Waals surface area contributed by atoms with Crippen molar-refractivity contribution in [2.45, 2.75) is 33.6 Å². The lowest BCUT2D eigenvalue weighted by Gasteiger charge is -2.25. The first-order valence-corrected chi connectivity index (χ1v) is 8.34. The van der Waals surface area contributed by atoms with Crippen LogP contribution in [0.4, 0.5) is 0 Å². The number of aromatic amines is 1. The van der Waals surface area contributed by atoms with Crippen molar-refractivity contribution in [2.24, 2.45) is 5.41 Å². The van der Waals surface area contributed by atoms with Crippen molar-refractivity contribution in [3.05, 3.63) is 69.1 Å². The highest BCUT2D eigenvalue weighted by molar-refractivity contribution is 5.95. The molecular formula is C20H24N2O2. The molecule has 126 valence electrons. The number of aromatic nitrogens is 1. The van der Waals surface area contributed by atoms with Gasteiger partial charge in [-0.05, 0) is 36.5 Å². The monoisotopic (exact) mass is 324 g/mol. The molecule has 0 radical (unpaired) electrons. The fraction of sp³-hybridized carbons (Fsp3) is 0.400. The van der Waals surface area contributed by atoms with Gasteiger partial charge in [0.2, 0.25) is 0 Å². The zero-order valence-corrected chi connectivity index (χ0v) is 14.7. The van der Waals surface area contributed by atoms with E-state index in [4.69, 9.17) is 0 Å². The number of nitrogens with one attached hydrogen (secondary N) is 1. The minimum absolute atomic E-state index is 0.0254. The lowest BCUT2D eigenvalue weighted by Crippen LogP contribution is -2.35. The number of rotatable bonds is 2. The van der Waals surface area contributed by atoms with Gasteiger partial charge in [0.05, 0.1) is 0 Å². The molecule has 0 saturated carbocycles. The number of pyridine rings is 1. The third-order valence-corrected chi connectivity index (χ3v) is 5.01. The maximum absolute atomic E-state index is 13.0. The third-order valence-electron chi connectivity index (χ3n) is 5.01. The summed E-state index contributed by atoms with van der Waals surface area (Å²) >= 11 is 0. The number of nitrogens with zero attached hydrogens (tertiary/aromatic N) is 1. The topological polar surface area (TPSA) is 53.2 Å². The van der Waals surface area contributed by atoms with Crippen LogP contribution in [0, 0.1) is 19.3 Å². The number of carbonyl (C=O) groups excluding carboxylic acids is 1. The maximum Gasteiger partial charge on any atom is 0.261 e. The molecule has 1 aliphatic heterocycles. The quantitative estimate of drug-likeness (QED) is 0.922. The molecule has 4 nitrogen and oxygen atoms in total. The molecule has 1 aliphatic rings. The lowest BCUT2D eigenvalue weighted by atomic mass is 9.78. The number of carbonyl (C=O) groups is 1. The van der Waals surface area contributed by atoms with Crippen LogP contribution in [0.3, 0.4) is 0 Å². The lowest BCUT2D eigenvalue weighted by molar-refractivity contribution is 0.0775. The SMILES string of the molecule is Cc1cc(C)c(C(=O)N2C[C@H](c3ccccc3)C(C)(C)C2)c(=O)[nH]1. The molecular weight excluding hydrogens is 300 g/mol. The van der Waals surface area contributed by atoms with E-state index in [1.165, 1.54) is 5.56 Å². The van der Waals surface area contributed by atoms with E-state index in [1.54, 1.807) is 0 Å². The highest BCUT2D eigenvalue weighted by Crippen LogP contribution is 2.42. The first-order valence-electron chi connectivity index (χ1n) is 8.34. The van der Waals surface area contributed by atoms with Gasteiger partial charge in [-0.1, -0.05) is 44.2 Å². The summed E-state index contributed by atoms with van der Waals surface area (Å²) in [7, 11) is 0. The number of benzene rings is 1. The first-order chi connectivity index (χ1) is 11.3. The van der Waals surface area contributed by atoms with Crippen LogP contribution in [0.2, 0.25) is 0 Å². The zero-order chi connectivity index (χ0) is 17.5. The van der Waals surface area contributed by atoms with Gasteiger partial charge in [0.25, 0.3) is 11.5 Å². The van der Waals surface area contributed by atoms with Gasteiger partial charge in [0.15, 0.2) is 0 Å². The maximum atomic E-state index is 13.0. The fourth-order valence-corrected chi connectivity index (χ4v) is 3.81. The Hall–Kier alpha value is -2.36. The second kappa shape index (κ2) is 5.93. The number of hydrogen-bond acceptors (Lipinski definition) is 2. The Kier molecular flexibility index (Phi) is 4.08. The smallest absolute Gasteiger partial charge is 0.261 e. The molecule has 1 N–H and O–H groups in total. The van der Waals surface area contributed by atoms with E-state index in [-0.39, 0.29) is 28.4 Å². The average molecular weight is 324 g/mol. The molecule has 2 heterocycles. The highest BCUT2D eigenvalue weighted by Gasteiger charge is 2.42. The van der Waals surface area contributed by atoms with Gasteiger partial charge in [0, 0.05) is 24.7 Å². The normalized spacial score (nSPS) is 19.5. The van der Waals surface area contributed by atoms with Crippen LogP contribution in [-0.4, -0.2) is 28.9 Å². The van der Waals surface area contributed by atoms with E-state index >= 15 is 0 Å². The molecule has 0 aliphatic carbocycles. The highest BCUT2D eigenvalue weighted by atomic mass is 16.2. The summed E-state index contributed by atoms with van der Waals surface area (Å²) in [6, 6.07) is 12.2. The van der Waals surface area contributed by atoms with Crippen LogP contribution in [-0.2, 0) is 0 Å². The van der Waals surface area contributed by atoms with Crippen molar-refractivity contribution in [1.29, 1.82) is 0 Å². The van der Waals surface area contributed by atoms with Crippen molar-refractivity contribution in [1.82, 2.24) is 9.88 Å². The summed E-state index contributed by atoms with van der Waals surface area (Å²) in [5.74, 6) is 0.104. The molecule has 1 fully saturated rings. The van der Waals surface area contributed by atoms with Crippen LogP contribution in [0.15, 0.2) is 41.2 Å². The molecule has 1 aromatic carbocycles. The van der Waals surface area contributed by atoms with Crippen LogP contribution in [0.5, 0.6) is 0 Å². The minimum Gasteiger partial charge on any atom is -0.337 e. The van der Waals surface area contributed by atoms with Crippen molar-refractivity contribution in [3.8, 4) is 0 Å². The summed E-state index contributed by atoms with van der Waals surface area (Å²) in [5, 5.41) is 0. The van der Waals surface area contributed by atoms with Crippen molar-refractivity contribution in [2.75, 3.05) is 13.1 Å². The molecule has 2 aromatic rings. The fourth-order valence-electron chi connectivity index (χ4n) is 3.81. The number of likely N-dealkylation sites (tertiary alicyclic amines) is 1. The number of H-pyrrole nitrogens is 1. The predicted molar refractivity (Wildman–Crippen MR) is 95.4 cm³/mol. The van der Waals surface area contributed by atoms with Crippen LogP contribution < -0.4 is 5.56 Å². The van der Waals surface area contributed by atoms with Gasteiger partial charge in [-0.2, -0.15) is 0 Å². The molecule has 1 amide bonds. The van der Waals surface area contributed by atoms with Crippen LogP contribution >= 0.6 is 0 Å². The number of aryl methyl sites for hydroxylation is 2. The van der Waals surface area contributed by atoms with Gasteiger partial charge in [-0.15, -0.1) is 0 Å². The molecule has 3 rings (SSSR count). The zero-order valence-electron chi connectivity index (χ0n) is 14.7. The van der Waals surface area contributed by atoms with E-state index in [1.807, 2.05) is 43.0 Å². The molecule has 0 bridgehead atoms. The van der Waals surface area contributed by atoms with E-state index in [0.29, 0.717) is 13.1 Å². The van der Waals surface area contributed by atoms with Gasteiger partial charge in [-0.25, -0.2) is 0 Å². The second-order valence-electron chi connectivity index (χ2n) is 7.48. The summed E-state index contributed by atoms with van der Waals surface area (Å²) in [4.78, 5) is 29.8. The number of hydrogen-bond donors (Lipinski definition) is 1. The summed E-state index contributed by atoms with van der Waals surface area (Å²) in [5.41, 5.74) is 2.71. The predicted octanol–water partition coefficient (Wildman–Crippen LogP) is 3.26. The molecule has 0 spiro atoms. The largest absolute Gasteiger partial charge is 0.337 e. The Morgan fingerprint density at radius 2 is 1.88 bits per heavy atom. The Balaban J connectivity index is 1.92. The average Bonchev–Trinajstić information content (AvgIpc) is 2.82. The van der Waals surface area contributed by atoms with E-state index in [0.717, 1.165) is 11.3 Å². The van der Waals surface area contributed by atoms with Gasteiger partial charge >= 0.3 is 0 Å². The standard InChI is InChI=1S/C20H24N2O2/c1-13-10-14(2)21-18(23)17(13)19(24)22-11-16(20(3,4)12-22)15-8-6-5-7-9-15/h5-10,16H,11-12H2,1-4H3,(H,21,23)/t16-/m1/s1. The summed E-state index contributed by atoms with van der Waals surface area (Å²) < 4.78 is 0. The molecule has 1 aromatic heterocycles. The third kappa shape index (κ3) is 2.88. The molecule has 24 heavy (non-hydrogen) atoms. The Labute approximate surface area is 142 Å². The van der Waals surface area contributed by atoms with Crippen molar-refractivity contribution >= 4 is 5.91 Å². The second-order valence-corrected chi connectivity index (χ2v) is 7.48.